The summed E-state index contributed by atoms with van der Waals surface area (Å²) in [6.07, 6.45) is 4.89. The summed E-state index contributed by atoms with van der Waals surface area (Å²) in [6, 6.07) is 3.94. The number of aromatic nitrogens is 1. The van der Waals surface area contributed by atoms with E-state index in [4.69, 9.17) is 9.47 Å². The van der Waals surface area contributed by atoms with Crippen LogP contribution >= 0.6 is 0 Å². The van der Waals surface area contributed by atoms with Crippen molar-refractivity contribution in [2.24, 2.45) is 0 Å². The van der Waals surface area contributed by atoms with E-state index in [2.05, 4.69) is 4.98 Å². The fourth-order valence-electron chi connectivity index (χ4n) is 1.34. The van der Waals surface area contributed by atoms with Gasteiger partial charge in [0.2, 0.25) is 0 Å². The molecule has 1 aromatic rings. The molecule has 0 aromatic carbocycles. The van der Waals surface area contributed by atoms with Crippen LogP contribution in [0.15, 0.2) is 24.5 Å². The van der Waals surface area contributed by atoms with Crippen molar-refractivity contribution in [3.8, 4) is 0 Å². The number of pyridine rings is 1. The van der Waals surface area contributed by atoms with Crippen LogP contribution in [0.1, 0.15) is 12.0 Å². The molecule has 0 amide bonds. The van der Waals surface area contributed by atoms with Crippen LogP contribution in [0.2, 0.25) is 0 Å². The van der Waals surface area contributed by atoms with Gasteiger partial charge in [-0.1, -0.05) is 6.07 Å². The number of rotatable bonds is 3. The molecule has 70 valence electrons. The van der Waals surface area contributed by atoms with Crippen molar-refractivity contribution in [2.45, 2.75) is 19.1 Å². The first-order valence-corrected chi connectivity index (χ1v) is 4.53. The lowest BCUT2D eigenvalue weighted by Gasteiger charge is -2.08. The predicted octanol–water partition coefficient (Wildman–Crippen LogP) is 1.39. The summed E-state index contributed by atoms with van der Waals surface area (Å²) in [5, 5.41) is 0. The summed E-state index contributed by atoms with van der Waals surface area (Å²) in [7, 11) is 0. The zero-order valence-corrected chi connectivity index (χ0v) is 7.48. The van der Waals surface area contributed by atoms with E-state index in [0.29, 0.717) is 6.61 Å². The number of ether oxygens (including phenoxy) is 2. The molecule has 0 aliphatic carbocycles. The molecule has 0 radical (unpaired) electrons. The highest BCUT2D eigenvalue weighted by atomic mass is 16.5. The van der Waals surface area contributed by atoms with Crippen molar-refractivity contribution >= 4 is 0 Å². The van der Waals surface area contributed by atoms with Crippen molar-refractivity contribution in [1.29, 1.82) is 0 Å². The maximum absolute atomic E-state index is 5.62. The van der Waals surface area contributed by atoms with Crippen molar-refractivity contribution in [2.75, 3.05) is 13.2 Å². The molecule has 13 heavy (non-hydrogen) atoms. The van der Waals surface area contributed by atoms with Crippen LogP contribution in [0.4, 0.5) is 0 Å². The zero-order chi connectivity index (χ0) is 8.93. The van der Waals surface area contributed by atoms with Gasteiger partial charge in [-0.2, -0.15) is 0 Å². The molecule has 1 unspecified atom stereocenters. The zero-order valence-electron chi connectivity index (χ0n) is 7.48. The average Bonchev–Trinajstić information content (AvgIpc) is 2.69. The molecule has 1 fully saturated rings. The van der Waals surface area contributed by atoms with Crippen LogP contribution in [0.25, 0.3) is 0 Å². The molecule has 0 spiro atoms. The third kappa shape index (κ3) is 2.50. The Morgan fingerprint density at radius 3 is 3.31 bits per heavy atom. The van der Waals surface area contributed by atoms with Crippen LogP contribution in [-0.2, 0) is 16.1 Å². The van der Waals surface area contributed by atoms with Crippen LogP contribution in [0.3, 0.4) is 0 Å². The highest BCUT2D eigenvalue weighted by molar-refractivity contribution is 5.06. The first kappa shape index (κ1) is 8.66. The highest BCUT2D eigenvalue weighted by Gasteiger charge is 2.15. The van der Waals surface area contributed by atoms with Crippen LogP contribution in [-0.4, -0.2) is 24.3 Å². The smallest absolute Gasteiger partial charge is 0.0835 e. The SMILES string of the molecule is c1cncc(COC2CCOC2)c1. The molecule has 3 nitrogen and oxygen atoms in total. The van der Waals surface area contributed by atoms with Gasteiger partial charge in [-0.3, -0.25) is 4.98 Å². The van der Waals surface area contributed by atoms with Gasteiger partial charge in [-0.05, 0) is 18.1 Å². The molecule has 1 aliphatic rings. The average molecular weight is 179 g/mol. The molecule has 1 aliphatic heterocycles. The fourth-order valence-corrected chi connectivity index (χ4v) is 1.34. The fraction of sp³-hybridized carbons (Fsp3) is 0.500. The molecule has 1 atom stereocenters. The molecular weight excluding hydrogens is 166 g/mol. The molecule has 0 bridgehead atoms. The quantitative estimate of drug-likeness (QED) is 0.702. The van der Waals surface area contributed by atoms with Gasteiger partial charge < -0.3 is 9.47 Å². The maximum atomic E-state index is 5.62. The minimum absolute atomic E-state index is 0.278. The van der Waals surface area contributed by atoms with E-state index in [-0.39, 0.29) is 6.10 Å². The maximum Gasteiger partial charge on any atom is 0.0835 e. The van der Waals surface area contributed by atoms with Crippen LogP contribution in [0, 0.1) is 0 Å². The van der Waals surface area contributed by atoms with Gasteiger partial charge in [-0.25, -0.2) is 0 Å². The lowest BCUT2D eigenvalue weighted by molar-refractivity contribution is 0.0316. The van der Waals surface area contributed by atoms with E-state index in [1.54, 1.807) is 6.20 Å². The Labute approximate surface area is 77.7 Å². The normalized spacial score (nSPS) is 22.0. The van der Waals surface area contributed by atoms with Gasteiger partial charge in [0.15, 0.2) is 0 Å². The Morgan fingerprint density at radius 2 is 2.62 bits per heavy atom. The Kier molecular flexibility index (Phi) is 2.90. The summed E-state index contributed by atoms with van der Waals surface area (Å²) >= 11 is 0. The standard InChI is InChI=1S/C10H13NO2/c1-2-9(6-11-4-1)7-13-10-3-5-12-8-10/h1-2,4,6,10H,3,5,7-8H2. The van der Waals surface area contributed by atoms with Gasteiger partial charge in [0, 0.05) is 19.0 Å². The number of hydrogen-bond acceptors (Lipinski definition) is 3. The highest BCUT2D eigenvalue weighted by Crippen LogP contribution is 2.10. The Balaban J connectivity index is 1.79. The largest absolute Gasteiger partial charge is 0.379 e. The molecular formula is C10H13NO2. The Morgan fingerprint density at radius 1 is 1.62 bits per heavy atom. The Hall–Kier alpha value is -0.930. The number of nitrogens with zero attached hydrogens (tertiary/aromatic N) is 1. The van der Waals surface area contributed by atoms with Gasteiger partial charge >= 0.3 is 0 Å². The second-order valence-corrected chi connectivity index (χ2v) is 3.16. The summed E-state index contributed by atoms with van der Waals surface area (Å²) in [5.41, 5.74) is 1.12. The van der Waals surface area contributed by atoms with Crippen molar-refractivity contribution in [1.82, 2.24) is 4.98 Å². The van der Waals surface area contributed by atoms with E-state index >= 15 is 0 Å². The van der Waals surface area contributed by atoms with Gasteiger partial charge in [0.05, 0.1) is 19.3 Å². The number of hydrogen-bond donors (Lipinski definition) is 0. The van der Waals surface area contributed by atoms with E-state index in [1.807, 2.05) is 18.3 Å². The summed E-state index contributed by atoms with van der Waals surface area (Å²) < 4.78 is 10.8. The van der Waals surface area contributed by atoms with E-state index in [9.17, 15) is 0 Å². The third-order valence-corrected chi connectivity index (χ3v) is 2.10. The summed E-state index contributed by atoms with van der Waals surface area (Å²) in [4.78, 5) is 4.02. The lowest BCUT2D eigenvalue weighted by atomic mass is 10.3. The summed E-state index contributed by atoms with van der Waals surface area (Å²) in [5.74, 6) is 0. The van der Waals surface area contributed by atoms with Gasteiger partial charge in [-0.15, -0.1) is 0 Å². The third-order valence-electron chi connectivity index (χ3n) is 2.10. The molecule has 0 N–H and O–H groups in total. The molecule has 1 aromatic heterocycles. The minimum atomic E-state index is 0.278. The first-order valence-electron chi connectivity index (χ1n) is 4.53. The lowest BCUT2D eigenvalue weighted by Crippen LogP contribution is -2.11. The first-order chi connectivity index (χ1) is 6.45. The van der Waals surface area contributed by atoms with Gasteiger partial charge in [0.1, 0.15) is 0 Å². The predicted molar refractivity (Wildman–Crippen MR) is 48.3 cm³/mol. The van der Waals surface area contributed by atoms with Crippen molar-refractivity contribution < 1.29 is 9.47 Å². The molecule has 0 saturated carbocycles. The van der Waals surface area contributed by atoms with E-state index in [1.165, 1.54) is 0 Å². The molecule has 2 rings (SSSR count). The van der Waals surface area contributed by atoms with E-state index in [0.717, 1.165) is 25.2 Å². The van der Waals surface area contributed by atoms with Crippen LogP contribution < -0.4 is 0 Å². The van der Waals surface area contributed by atoms with Crippen LogP contribution in [0.5, 0.6) is 0 Å². The van der Waals surface area contributed by atoms with E-state index < -0.39 is 0 Å². The minimum Gasteiger partial charge on any atom is -0.379 e. The van der Waals surface area contributed by atoms with Crippen molar-refractivity contribution in [3.05, 3.63) is 30.1 Å². The molecule has 3 heteroatoms. The topological polar surface area (TPSA) is 31.4 Å². The second kappa shape index (κ2) is 4.35. The molecule has 1 saturated heterocycles. The van der Waals surface area contributed by atoms with Gasteiger partial charge in [0.25, 0.3) is 0 Å². The molecule has 2 heterocycles. The monoisotopic (exact) mass is 179 g/mol. The second-order valence-electron chi connectivity index (χ2n) is 3.16. The Bertz CT molecular complexity index is 244. The summed E-state index contributed by atoms with van der Waals surface area (Å²) in [6.45, 7) is 2.21. The van der Waals surface area contributed by atoms with Crippen molar-refractivity contribution in [3.63, 3.8) is 0 Å².